The summed E-state index contributed by atoms with van der Waals surface area (Å²) < 4.78 is 69.7. The van der Waals surface area contributed by atoms with Crippen LogP contribution in [0.4, 0.5) is 18.9 Å². The molecule has 33 heavy (non-hydrogen) atoms. The minimum Gasteiger partial charge on any atom is -0.497 e. The predicted octanol–water partition coefficient (Wildman–Crippen LogP) is 4.21. The van der Waals surface area contributed by atoms with Gasteiger partial charge in [0.2, 0.25) is 0 Å². The number of hydrogen-bond donors (Lipinski definition) is 0. The summed E-state index contributed by atoms with van der Waals surface area (Å²) in [5.41, 5.74) is -0.270. The Labute approximate surface area is 197 Å². The zero-order valence-electron chi connectivity index (χ0n) is 17.2. The Balaban J connectivity index is 1.67. The fraction of sp³-hybridized carbons (Fsp3) is 0.333. The SMILES string of the molecule is COc1ccc(CC(=O)N=C2S[C@H]3CS(=O)(=O)C[C@@H]3N2c2ccc(Cl)c(C(F)(F)F)c2)cc1. The molecule has 2 aliphatic heterocycles. The van der Waals surface area contributed by atoms with E-state index in [1.165, 1.54) is 18.1 Å². The number of anilines is 1. The number of ether oxygens (including phenoxy) is 1. The molecule has 0 aromatic heterocycles. The molecular weight excluding hydrogens is 501 g/mol. The van der Waals surface area contributed by atoms with Gasteiger partial charge in [-0.3, -0.25) is 4.79 Å². The van der Waals surface area contributed by atoms with Crippen molar-refractivity contribution < 1.29 is 31.1 Å². The highest BCUT2D eigenvalue weighted by Gasteiger charge is 2.49. The van der Waals surface area contributed by atoms with E-state index >= 15 is 0 Å². The number of halogens is 4. The number of alkyl halides is 3. The molecule has 2 aromatic rings. The maximum atomic E-state index is 13.4. The Morgan fingerprint density at radius 2 is 1.91 bits per heavy atom. The summed E-state index contributed by atoms with van der Waals surface area (Å²) in [7, 11) is -1.84. The van der Waals surface area contributed by atoms with Gasteiger partial charge in [-0.25, -0.2) is 8.42 Å². The van der Waals surface area contributed by atoms with Gasteiger partial charge >= 0.3 is 6.18 Å². The lowest BCUT2D eigenvalue weighted by molar-refractivity contribution is -0.137. The van der Waals surface area contributed by atoms with Crippen LogP contribution in [0.5, 0.6) is 5.75 Å². The first-order valence-corrected chi connectivity index (χ1v) is 12.8. The van der Waals surface area contributed by atoms with Crippen LogP contribution in [0.15, 0.2) is 47.5 Å². The molecule has 2 saturated heterocycles. The largest absolute Gasteiger partial charge is 0.497 e. The van der Waals surface area contributed by atoms with E-state index in [1.807, 2.05) is 0 Å². The van der Waals surface area contributed by atoms with E-state index in [0.29, 0.717) is 11.3 Å². The van der Waals surface area contributed by atoms with Gasteiger partial charge in [0.15, 0.2) is 15.0 Å². The van der Waals surface area contributed by atoms with Crippen LogP contribution in [0.25, 0.3) is 0 Å². The molecule has 176 valence electrons. The zero-order chi connectivity index (χ0) is 24.0. The molecule has 12 heteroatoms. The highest BCUT2D eigenvalue weighted by Crippen LogP contribution is 2.43. The van der Waals surface area contributed by atoms with E-state index in [0.717, 1.165) is 23.9 Å². The van der Waals surface area contributed by atoms with Crippen LogP contribution in [0.2, 0.25) is 5.02 Å². The summed E-state index contributed by atoms with van der Waals surface area (Å²) in [6, 6.07) is 9.54. The fourth-order valence-corrected chi connectivity index (χ4v) is 7.97. The van der Waals surface area contributed by atoms with Crippen molar-refractivity contribution in [3.63, 3.8) is 0 Å². The summed E-state index contributed by atoms with van der Waals surface area (Å²) in [4.78, 5) is 18.2. The van der Waals surface area contributed by atoms with E-state index < -0.39 is 43.8 Å². The van der Waals surface area contributed by atoms with Crippen LogP contribution >= 0.6 is 23.4 Å². The van der Waals surface area contributed by atoms with Crippen LogP contribution in [0.1, 0.15) is 11.1 Å². The van der Waals surface area contributed by atoms with Gasteiger partial charge in [0.05, 0.1) is 41.7 Å². The van der Waals surface area contributed by atoms with Crippen molar-refractivity contribution in [3.8, 4) is 5.75 Å². The zero-order valence-corrected chi connectivity index (χ0v) is 19.6. The highest BCUT2D eigenvalue weighted by molar-refractivity contribution is 8.16. The fourth-order valence-electron chi connectivity index (χ4n) is 3.81. The normalized spacial score (nSPS) is 23.1. The second-order valence-corrected chi connectivity index (χ2v) is 11.4. The van der Waals surface area contributed by atoms with Crippen molar-refractivity contribution in [3.05, 3.63) is 58.6 Å². The topological polar surface area (TPSA) is 76.0 Å². The number of methoxy groups -OCH3 is 1. The van der Waals surface area contributed by atoms with Gasteiger partial charge in [0.1, 0.15) is 5.75 Å². The average molecular weight is 519 g/mol. The number of aliphatic imine (C=N–C) groups is 1. The Kier molecular flexibility index (Phi) is 6.41. The van der Waals surface area contributed by atoms with Gasteiger partial charge in [-0.15, -0.1) is 0 Å². The molecule has 2 heterocycles. The van der Waals surface area contributed by atoms with Crippen molar-refractivity contribution in [1.29, 1.82) is 0 Å². The number of thioether (sulfide) groups is 1. The maximum Gasteiger partial charge on any atom is 0.417 e. The monoisotopic (exact) mass is 518 g/mol. The lowest BCUT2D eigenvalue weighted by Gasteiger charge is -2.25. The minimum atomic E-state index is -4.69. The molecule has 0 radical (unpaired) electrons. The van der Waals surface area contributed by atoms with E-state index in [4.69, 9.17) is 16.3 Å². The van der Waals surface area contributed by atoms with Crippen molar-refractivity contribution in [2.45, 2.75) is 23.9 Å². The highest BCUT2D eigenvalue weighted by atomic mass is 35.5. The summed E-state index contributed by atoms with van der Waals surface area (Å²) >= 11 is 6.83. The van der Waals surface area contributed by atoms with Crippen molar-refractivity contribution >= 4 is 50.0 Å². The minimum absolute atomic E-state index is 0.0239. The first-order chi connectivity index (χ1) is 15.5. The van der Waals surface area contributed by atoms with Crippen molar-refractivity contribution in [2.75, 3.05) is 23.5 Å². The van der Waals surface area contributed by atoms with Gasteiger partial charge in [-0.2, -0.15) is 18.2 Å². The van der Waals surface area contributed by atoms with Crippen LogP contribution < -0.4 is 9.64 Å². The second kappa shape index (κ2) is 8.84. The number of fused-ring (bicyclic) bond motifs is 1. The predicted molar refractivity (Wildman–Crippen MR) is 122 cm³/mol. The number of carbonyl (C=O) groups excluding carboxylic acids is 1. The number of sulfone groups is 1. The molecular formula is C21H18ClF3N2O4S2. The smallest absolute Gasteiger partial charge is 0.417 e. The molecule has 0 aliphatic carbocycles. The number of amidine groups is 1. The summed E-state index contributed by atoms with van der Waals surface area (Å²) in [6.45, 7) is 0. The quantitative estimate of drug-likeness (QED) is 0.603. The summed E-state index contributed by atoms with van der Waals surface area (Å²) in [6.07, 6.45) is -4.72. The van der Waals surface area contributed by atoms with Crippen LogP contribution in [-0.4, -0.2) is 49.4 Å². The van der Waals surface area contributed by atoms with Gasteiger partial charge in [0, 0.05) is 10.9 Å². The Morgan fingerprint density at radius 3 is 2.55 bits per heavy atom. The third kappa shape index (κ3) is 5.15. The molecule has 0 bridgehead atoms. The van der Waals surface area contributed by atoms with E-state index in [1.54, 1.807) is 24.3 Å². The van der Waals surface area contributed by atoms with E-state index in [-0.39, 0.29) is 28.8 Å². The third-order valence-electron chi connectivity index (χ3n) is 5.33. The molecule has 0 spiro atoms. The molecule has 6 nitrogen and oxygen atoms in total. The first-order valence-electron chi connectivity index (χ1n) is 9.74. The Hall–Kier alpha value is -2.24. The number of benzene rings is 2. The number of carbonyl (C=O) groups is 1. The maximum absolute atomic E-state index is 13.4. The molecule has 0 saturated carbocycles. The Bertz CT molecular complexity index is 1220. The lowest BCUT2D eigenvalue weighted by Crippen LogP contribution is -2.38. The van der Waals surface area contributed by atoms with Crippen LogP contribution in [0, 0.1) is 0 Å². The van der Waals surface area contributed by atoms with Crippen molar-refractivity contribution in [1.82, 2.24) is 0 Å². The molecule has 0 N–H and O–H groups in total. The van der Waals surface area contributed by atoms with Gasteiger partial charge in [-0.1, -0.05) is 35.5 Å². The molecule has 2 atom stereocenters. The number of nitrogens with zero attached hydrogens (tertiary/aromatic N) is 2. The van der Waals surface area contributed by atoms with Gasteiger partial charge in [-0.05, 0) is 35.9 Å². The lowest BCUT2D eigenvalue weighted by atomic mass is 10.1. The number of hydrogen-bond acceptors (Lipinski definition) is 5. The van der Waals surface area contributed by atoms with Gasteiger partial charge < -0.3 is 9.64 Å². The number of amides is 1. The average Bonchev–Trinajstić information content (AvgIpc) is 3.19. The van der Waals surface area contributed by atoms with Crippen molar-refractivity contribution in [2.24, 2.45) is 4.99 Å². The second-order valence-electron chi connectivity index (χ2n) is 7.65. The molecule has 2 aromatic carbocycles. The number of rotatable bonds is 4. The molecule has 0 unspecified atom stereocenters. The summed E-state index contributed by atoms with van der Waals surface area (Å²) in [5, 5.41) is -0.732. The third-order valence-corrected chi connectivity index (χ3v) is 8.87. The molecule has 2 fully saturated rings. The first kappa shape index (κ1) is 23.9. The van der Waals surface area contributed by atoms with Crippen LogP contribution in [0.3, 0.4) is 0 Å². The molecule has 4 rings (SSSR count). The molecule has 1 amide bonds. The molecule has 2 aliphatic rings. The Morgan fingerprint density at radius 1 is 1.21 bits per heavy atom. The standard InChI is InChI=1S/C21H18ClF3N2O4S2/c1-31-14-5-2-12(3-6-14)8-19(28)26-20-27(17-10-33(29,30)11-18(17)32-20)13-4-7-16(22)15(9-13)21(23,24)25/h2-7,9,17-18H,8,10-11H2,1H3/t17-,18-/m0/s1. The summed E-state index contributed by atoms with van der Waals surface area (Å²) in [5.74, 6) is -0.238. The van der Waals surface area contributed by atoms with Gasteiger partial charge in [0.25, 0.3) is 5.91 Å². The van der Waals surface area contributed by atoms with Crippen LogP contribution in [-0.2, 0) is 27.2 Å². The van der Waals surface area contributed by atoms with E-state index in [2.05, 4.69) is 4.99 Å². The van der Waals surface area contributed by atoms with E-state index in [9.17, 15) is 26.4 Å².